The van der Waals surface area contributed by atoms with Gasteiger partial charge in [-0.3, -0.25) is 9.59 Å². The Balaban J connectivity index is 1.71. The zero-order valence-corrected chi connectivity index (χ0v) is 13.8. The Labute approximate surface area is 137 Å². The van der Waals surface area contributed by atoms with E-state index in [0.29, 0.717) is 17.6 Å². The minimum Gasteiger partial charge on any atom is -0.331 e. The Bertz CT molecular complexity index is 568. The Morgan fingerprint density at radius 1 is 1.13 bits per heavy atom. The van der Waals surface area contributed by atoms with Crippen LogP contribution in [0.3, 0.4) is 0 Å². The molecule has 0 aromatic heterocycles. The smallest absolute Gasteiger partial charge is 0.254 e. The SMILES string of the molecule is CC(C)C(=O)Nc1ccc(C(=O)N2C3CCNCC2CC3)cc1. The van der Waals surface area contributed by atoms with Crippen molar-refractivity contribution >= 4 is 17.5 Å². The molecule has 2 amide bonds. The first-order chi connectivity index (χ1) is 11.1. The fraction of sp³-hybridized carbons (Fsp3) is 0.556. The zero-order valence-electron chi connectivity index (χ0n) is 13.8. The summed E-state index contributed by atoms with van der Waals surface area (Å²) in [4.78, 5) is 26.7. The highest BCUT2D eigenvalue weighted by Crippen LogP contribution is 2.29. The van der Waals surface area contributed by atoms with Crippen molar-refractivity contribution in [2.24, 2.45) is 5.92 Å². The molecule has 5 nitrogen and oxygen atoms in total. The molecular weight excluding hydrogens is 290 g/mol. The first-order valence-corrected chi connectivity index (χ1v) is 8.50. The number of nitrogens with one attached hydrogen (secondary N) is 2. The van der Waals surface area contributed by atoms with Gasteiger partial charge < -0.3 is 15.5 Å². The maximum atomic E-state index is 12.9. The molecule has 1 aromatic rings. The van der Waals surface area contributed by atoms with Crippen molar-refractivity contribution in [2.45, 2.75) is 45.2 Å². The third-order valence-corrected chi connectivity index (χ3v) is 4.81. The third-order valence-electron chi connectivity index (χ3n) is 4.81. The van der Waals surface area contributed by atoms with Crippen LogP contribution in [0.1, 0.15) is 43.5 Å². The number of anilines is 1. The van der Waals surface area contributed by atoms with E-state index in [4.69, 9.17) is 0 Å². The van der Waals surface area contributed by atoms with Crippen LogP contribution in [-0.2, 0) is 4.79 Å². The van der Waals surface area contributed by atoms with E-state index in [1.54, 1.807) is 0 Å². The van der Waals surface area contributed by atoms with Crippen LogP contribution < -0.4 is 10.6 Å². The molecule has 2 bridgehead atoms. The Morgan fingerprint density at radius 3 is 2.52 bits per heavy atom. The number of nitrogens with zero attached hydrogens (tertiary/aromatic N) is 1. The maximum Gasteiger partial charge on any atom is 0.254 e. The lowest BCUT2D eigenvalue weighted by atomic mass is 10.1. The van der Waals surface area contributed by atoms with Crippen LogP contribution in [0.15, 0.2) is 24.3 Å². The van der Waals surface area contributed by atoms with Crippen LogP contribution in [0.25, 0.3) is 0 Å². The number of rotatable bonds is 3. The second-order valence-corrected chi connectivity index (χ2v) is 6.81. The number of amides is 2. The van der Waals surface area contributed by atoms with Gasteiger partial charge in [0.2, 0.25) is 5.91 Å². The van der Waals surface area contributed by atoms with Crippen molar-refractivity contribution in [3.8, 4) is 0 Å². The summed E-state index contributed by atoms with van der Waals surface area (Å²) in [6.45, 7) is 5.60. The van der Waals surface area contributed by atoms with E-state index >= 15 is 0 Å². The Kier molecular flexibility index (Phi) is 4.66. The molecule has 0 aliphatic carbocycles. The highest BCUT2D eigenvalue weighted by Gasteiger charge is 2.38. The van der Waals surface area contributed by atoms with Crippen molar-refractivity contribution in [3.63, 3.8) is 0 Å². The van der Waals surface area contributed by atoms with Gasteiger partial charge in [0.25, 0.3) is 5.91 Å². The summed E-state index contributed by atoms with van der Waals surface area (Å²) in [7, 11) is 0. The number of fused-ring (bicyclic) bond motifs is 2. The van der Waals surface area contributed by atoms with Crippen LogP contribution in [0.4, 0.5) is 5.69 Å². The van der Waals surface area contributed by atoms with Crippen molar-refractivity contribution in [1.29, 1.82) is 0 Å². The van der Waals surface area contributed by atoms with Crippen molar-refractivity contribution < 1.29 is 9.59 Å². The van der Waals surface area contributed by atoms with Crippen molar-refractivity contribution in [2.75, 3.05) is 18.4 Å². The van der Waals surface area contributed by atoms with Gasteiger partial charge in [-0.25, -0.2) is 0 Å². The van der Waals surface area contributed by atoms with Gasteiger partial charge in [-0.1, -0.05) is 13.8 Å². The summed E-state index contributed by atoms with van der Waals surface area (Å²) in [5.41, 5.74) is 1.44. The minimum absolute atomic E-state index is 0.0132. The van der Waals surface area contributed by atoms with Crippen LogP contribution in [0.5, 0.6) is 0 Å². The van der Waals surface area contributed by atoms with Crippen LogP contribution in [0.2, 0.25) is 0 Å². The van der Waals surface area contributed by atoms with Crippen molar-refractivity contribution in [1.82, 2.24) is 10.2 Å². The van der Waals surface area contributed by atoms with Gasteiger partial charge in [-0.15, -0.1) is 0 Å². The second-order valence-electron chi connectivity index (χ2n) is 6.81. The fourth-order valence-electron chi connectivity index (χ4n) is 3.45. The maximum absolute atomic E-state index is 12.9. The Morgan fingerprint density at radius 2 is 1.83 bits per heavy atom. The molecule has 1 aromatic carbocycles. The van der Waals surface area contributed by atoms with E-state index in [2.05, 4.69) is 15.5 Å². The standard InChI is InChI=1S/C18H25N3O2/c1-12(2)17(22)20-14-5-3-13(4-6-14)18(23)21-15-7-8-16(21)11-19-10-9-15/h3-6,12,15-16,19H,7-11H2,1-2H3,(H,20,22). The number of hydrogen-bond donors (Lipinski definition) is 2. The molecule has 5 heteroatoms. The van der Waals surface area contributed by atoms with E-state index in [1.165, 1.54) is 0 Å². The van der Waals surface area contributed by atoms with Crippen LogP contribution in [-0.4, -0.2) is 41.9 Å². The van der Waals surface area contributed by atoms with Crippen LogP contribution >= 0.6 is 0 Å². The fourth-order valence-corrected chi connectivity index (χ4v) is 3.45. The predicted octanol–water partition coefficient (Wildman–Crippen LogP) is 2.25. The molecule has 2 fully saturated rings. The van der Waals surface area contributed by atoms with E-state index in [-0.39, 0.29) is 17.7 Å². The molecular formula is C18H25N3O2. The van der Waals surface area contributed by atoms with Gasteiger partial charge >= 0.3 is 0 Å². The molecule has 2 aliphatic heterocycles. The van der Waals surface area contributed by atoms with Gasteiger partial charge in [-0.2, -0.15) is 0 Å². The average molecular weight is 315 g/mol. The normalized spacial score (nSPS) is 23.7. The van der Waals surface area contributed by atoms with Gasteiger partial charge in [-0.05, 0) is 50.1 Å². The lowest BCUT2D eigenvalue weighted by molar-refractivity contribution is -0.118. The molecule has 2 saturated heterocycles. The van der Waals surface area contributed by atoms with Gasteiger partial charge in [0.05, 0.1) is 0 Å². The molecule has 2 atom stereocenters. The summed E-state index contributed by atoms with van der Waals surface area (Å²) < 4.78 is 0. The summed E-state index contributed by atoms with van der Waals surface area (Å²) >= 11 is 0. The topological polar surface area (TPSA) is 61.4 Å². The highest BCUT2D eigenvalue weighted by atomic mass is 16.2. The second kappa shape index (κ2) is 6.71. The summed E-state index contributed by atoms with van der Waals surface area (Å²) in [6.07, 6.45) is 3.23. The highest BCUT2D eigenvalue weighted by molar-refractivity contribution is 5.96. The average Bonchev–Trinajstić information content (AvgIpc) is 2.80. The largest absolute Gasteiger partial charge is 0.331 e. The van der Waals surface area contributed by atoms with Gasteiger partial charge in [0, 0.05) is 35.8 Å². The molecule has 2 unspecified atom stereocenters. The van der Waals surface area contributed by atoms with Crippen molar-refractivity contribution in [3.05, 3.63) is 29.8 Å². The molecule has 2 aliphatic rings. The van der Waals surface area contributed by atoms with Gasteiger partial charge in [0.15, 0.2) is 0 Å². The van der Waals surface area contributed by atoms with Gasteiger partial charge in [0.1, 0.15) is 0 Å². The number of benzene rings is 1. The molecule has 23 heavy (non-hydrogen) atoms. The third kappa shape index (κ3) is 3.39. The quantitative estimate of drug-likeness (QED) is 0.899. The molecule has 0 saturated carbocycles. The summed E-state index contributed by atoms with van der Waals surface area (Å²) in [5, 5.41) is 6.27. The lowest BCUT2D eigenvalue weighted by Gasteiger charge is -2.28. The van der Waals surface area contributed by atoms with E-state index < -0.39 is 0 Å². The molecule has 124 valence electrons. The molecule has 3 rings (SSSR count). The predicted molar refractivity (Wildman–Crippen MR) is 90.4 cm³/mol. The van der Waals surface area contributed by atoms with E-state index in [1.807, 2.05) is 38.1 Å². The first kappa shape index (κ1) is 16.0. The number of hydrogen-bond acceptors (Lipinski definition) is 3. The summed E-state index contributed by atoms with van der Waals surface area (Å²) in [5.74, 6) is 0.0418. The monoisotopic (exact) mass is 315 g/mol. The molecule has 2 N–H and O–H groups in total. The zero-order chi connectivity index (χ0) is 16.4. The summed E-state index contributed by atoms with van der Waals surface area (Å²) in [6, 6.07) is 7.93. The van der Waals surface area contributed by atoms with Crippen LogP contribution in [0, 0.1) is 5.92 Å². The number of carbonyl (C=O) groups is 2. The number of carbonyl (C=O) groups excluding carboxylic acids is 2. The lowest BCUT2D eigenvalue weighted by Crippen LogP contribution is -2.42. The first-order valence-electron chi connectivity index (χ1n) is 8.50. The molecule has 0 spiro atoms. The molecule has 0 radical (unpaired) electrons. The van der Waals surface area contributed by atoms with E-state index in [0.717, 1.165) is 38.0 Å². The minimum atomic E-state index is -0.0588. The molecule has 2 heterocycles. The van der Waals surface area contributed by atoms with E-state index in [9.17, 15) is 9.59 Å². The Hall–Kier alpha value is -1.88.